The summed E-state index contributed by atoms with van der Waals surface area (Å²) >= 11 is 2.96. The molecular weight excluding hydrogens is 784 g/mol. The standard InChI is InChI=1S/C32H20BF8.C8H5BrF2.Na/c1-5-21-25(34)9-17(10-26(21)35)33(18-11-27(36)22(6-2)28(37)12-18,19-13-29(38)23(7-3)30(39)14-19)20-15-31(40)24(8-4)32(41)16-20;1-2-6-7(10)3-5(9)4-8(6)11;/h5-16H,1-4H2;2-4H,1H2;/q-1;;+1. The van der Waals surface area contributed by atoms with Crippen molar-refractivity contribution in [1.82, 2.24) is 0 Å². The summed E-state index contributed by atoms with van der Waals surface area (Å²) < 4.78 is 148. The summed E-state index contributed by atoms with van der Waals surface area (Å²) in [6.45, 7) is 16.7. The Kier molecular flexibility index (Phi) is 14.3. The maximum atomic E-state index is 15.2. The predicted octanol–water partition coefficient (Wildman–Crippen LogP) is 7.12. The van der Waals surface area contributed by atoms with Crippen molar-refractivity contribution >= 4 is 74.3 Å². The molecule has 0 amide bonds. The second-order valence-electron chi connectivity index (χ2n) is 11.3. The molecule has 0 aliphatic carbocycles. The number of benzene rings is 5. The van der Waals surface area contributed by atoms with Crippen LogP contribution in [-0.2, 0) is 0 Å². The van der Waals surface area contributed by atoms with Crippen molar-refractivity contribution in [3.8, 4) is 0 Å². The first-order valence-electron chi connectivity index (χ1n) is 15.0. The maximum Gasteiger partial charge on any atom is 1.00 e. The van der Waals surface area contributed by atoms with Crippen molar-refractivity contribution in [1.29, 1.82) is 0 Å². The molecule has 13 heteroatoms. The van der Waals surface area contributed by atoms with Gasteiger partial charge in [-0.2, -0.15) is 21.9 Å². The van der Waals surface area contributed by atoms with E-state index >= 15 is 35.1 Å². The summed E-state index contributed by atoms with van der Waals surface area (Å²) in [6.07, 6.45) is 1.13. The van der Waals surface area contributed by atoms with Gasteiger partial charge in [0.15, 0.2) is 0 Å². The van der Waals surface area contributed by atoms with Gasteiger partial charge in [-0.1, -0.05) is 128 Å². The van der Waals surface area contributed by atoms with Crippen LogP contribution in [0.2, 0.25) is 0 Å². The Morgan fingerprint density at radius 3 is 0.642 bits per heavy atom. The Labute approximate surface area is 329 Å². The van der Waals surface area contributed by atoms with E-state index in [1.165, 1.54) is 12.1 Å². The zero-order valence-electron chi connectivity index (χ0n) is 27.9. The Morgan fingerprint density at radius 1 is 0.340 bits per heavy atom. The number of hydrogen-bond donors (Lipinski definition) is 0. The monoisotopic (exact) mass is 808 g/mol. The van der Waals surface area contributed by atoms with Gasteiger partial charge in [0.2, 0.25) is 0 Å². The van der Waals surface area contributed by atoms with Crippen LogP contribution >= 0.6 is 15.9 Å². The summed E-state index contributed by atoms with van der Waals surface area (Å²) in [5.74, 6) is -10.8. The van der Waals surface area contributed by atoms with Gasteiger partial charge < -0.3 is 0 Å². The van der Waals surface area contributed by atoms with E-state index in [-0.39, 0.29) is 35.1 Å². The molecule has 0 spiro atoms. The van der Waals surface area contributed by atoms with Gasteiger partial charge in [0, 0.05) is 32.3 Å². The third-order valence-corrected chi connectivity index (χ3v) is 8.93. The molecule has 0 saturated heterocycles. The molecule has 0 aliphatic rings. The fourth-order valence-electron chi connectivity index (χ4n) is 6.10. The molecule has 0 atom stereocenters. The number of hydrogen-bond acceptors (Lipinski definition) is 0. The minimum atomic E-state index is -3.51. The summed E-state index contributed by atoms with van der Waals surface area (Å²) in [7, 11) is 0. The summed E-state index contributed by atoms with van der Waals surface area (Å²) in [6, 6.07) is 8.43. The number of rotatable bonds is 9. The molecule has 0 fully saturated rings. The average molecular weight is 809 g/mol. The van der Waals surface area contributed by atoms with Gasteiger partial charge in [-0.05, 0) is 12.1 Å². The van der Waals surface area contributed by atoms with Gasteiger partial charge in [0.25, 0.3) is 0 Å². The predicted molar refractivity (Wildman–Crippen MR) is 194 cm³/mol. The number of halogens is 11. The van der Waals surface area contributed by atoms with Gasteiger partial charge in [0.05, 0.1) is 0 Å². The second kappa shape index (κ2) is 17.6. The molecule has 0 radical (unpaired) electrons. The van der Waals surface area contributed by atoms with Crippen LogP contribution in [-0.4, -0.2) is 6.15 Å². The molecule has 0 bridgehead atoms. The van der Waals surface area contributed by atoms with Crippen LogP contribution in [0.15, 0.2) is 98.0 Å². The van der Waals surface area contributed by atoms with Crippen LogP contribution in [0, 0.1) is 58.2 Å². The fourth-order valence-corrected chi connectivity index (χ4v) is 6.50. The molecule has 0 N–H and O–H groups in total. The molecule has 53 heavy (non-hydrogen) atoms. The largest absolute Gasteiger partial charge is 1.00 e. The van der Waals surface area contributed by atoms with Gasteiger partial charge in [0.1, 0.15) is 64.3 Å². The van der Waals surface area contributed by atoms with Crippen molar-refractivity contribution in [2.45, 2.75) is 0 Å². The van der Waals surface area contributed by atoms with E-state index in [9.17, 15) is 8.78 Å². The average Bonchev–Trinajstić information content (AvgIpc) is 3.05. The van der Waals surface area contributed by atoms with E-state index in [2.05, 4.69) is 48.8 Å². The van der Waals surface area contributed by atoms with Gasteiger partial charge in [-0.3, -0.25) is 0 Å². The minimum Gasteiger partial charge on any atom is -0.206 e. The van der Waals surface area contributed by atoms with E-state index in [1.807, 2.05) is 0 Å². The van der Waals surface area contributed by atoms with E-state index in [0.717, 1.165) is 78.9 Å². The Balaban J connectivity index is 0.000000540. The summed E-state index contributed by atoms with van der Waals surface area (Å²) in [5, 5.41) is 0. The Hall–Kier alpha value is -4.36. The zero-order valence-corrected chi connectivity index (χ0v) is 31.5. The third-order valence-electron chi connectivity index (χ3n) is 8.47. The van der Waals surface area contributed by atoms with Crippen LogP contribution < -0.4 is 51.4 Å². The summed E-state index contributed by atoms with van der Waals surface area (Å²) in [5.41, 5.74) is -4.14. The van der Waals surface area contributed by atoms with Crippen molar-refractivity contribution in [2.24, 2.45) is 0 Å². The zero-order chi connectivity index (χ0) is 38.7. The molecule has 0 heterocycles. The van der Waals surface area contributed by atoms with E-state index < -0.39 is 108 Å². The molecular formula is C40H25BBrF10Na. The second-order valence-corrected chi connectivity index (χ2v) is 12.2. The molecule has 0 unspecified atom stereocenters. The van der Waals surface area contributed by atoms with Crippen LogP contribution in [0.3, 0.4) is 0 Å². The fraction of sp³-hybridized carbons (Fsp3) is 0. The molecule has 266 valence electrons. The van der Waals surface area contributed by atoms with E-state index in [4.69, 9.17) is 0 Å². The van der Waals surface area contributed by atoms with E-state index in [0.29, 0.717) is 4.47 Å². The first-order chi connectivity index (χ1) is 24.6. The van der Waals surface area contributed by atoms with E-state index in [1.54, 1.807) is 0 Å². The smallest absolute Gasteiger partial charge is 0.206 e. The molecule has 0 nitrogen and oxygen atoms in total. The van der Waals surface area contributed by atoms with Crippen LogP contribution in [0.5, 0.6) is 0 Å². The molecule has 5 rings (SSSR count). The topological polar surface area (TPSA) is 0 Å². The third kappa shape index (κ3) is 8.26. The van der Waals surface area contributed by atoms with Crippen LogP contribution in [0.25, 0.3) is 30.4 Å². The van der Waals surface area contributed by atoms with Gasteiger partial charge >= 0.3 is 29.6 Å². The van der Waals surface area contributed by atoms with Gasteiger partial charge in [-0.25, -0.2) is 43.9 Å². The first-order valence-corrected chi connectivity index (χ1v) is 15.8. The van der Waals surface area contributed by atoms with Crippen LogP contribution in [0.4, 0.5) is 43.9 Å². The maximum absolute atomic E-state index is 15.2. The first kappa shape index (κ1) is 43.1. The normalized spacial score (nSPS) is 10.8. The molecule has 5 aromatic rings. The molecule has 0 aliphatic heterocycles. The Morgan fingerprint density at radius 2 is 0.491 bits per heavy atom. The van der Waals surface area contributed by atoms with Crippen molar-refractivity contribution in [3.05, 3.63) is 184 Å². The van der Waals surface area contributed by atoms with Crippen molar-refractivity contribution < 1.29 is 73.5 Å². The quantitative estimate of drug-likeness (QED) is 0.110. The molecule has 5 aromatic carbocycles. The minimum absolute atomic E-state index is 0. The van der Waals surface area contributed by atoms with Crippen molar-refractivity contribution in [2.75, 3.05) is 0 Å². The van der Waals surface area contributed by atoms with Crippen molar-refractivity contribution in [3.63, 3.8) is 0 Å². The van der Waals surface area contributed by atoms with Gasteiger partial charge in [-0.15, -0.1) is 0 Å². The van der Waals surface area contributed by atoms with Crippen LogP contribution in [0.1, 0.15) is 27.8 Å². The molecule has 0 saturated carbocycles. The molecule has 0 aromatic heterocycles. The SMILES string of the molecule is C=Cc1c(F)cc(Br)cc1F.C=Cc1c(F)cc([B-](c2cc(F)c(C=C)c(F)c2)(c2cc(F)c(C=C)c(F)c2)c2cc(F)c(C=C)c(F)c2)cc1F.[Na+]. The Bertz CT molecular complexity index is 1910. The summed E-state index contributed by atoms with van der Waals surface area (Å²) in [4.78, 5) is 0.